The van der Waals surface area contributed by atoms with Crippen molar-refractivity contribution in [2.24, 2.45) is 0 Å². The van der Waals surface area contributed by atoms with Crippen molar-refractivity contribution in [3.63, 3.8) is 0 Å². The van der Waals surface area contributed by atoms with E-state index in [2.05, 4.69) is 41.2 Å². The molecule has 6 heteroatoms. The highest BCUT2D eigenvalue weighted by Gasteiger charge is 2.16. The quantitative estimate of drug-likeness (QED) is 0.883. The fourth-order valence-electron chi connectivity index (χ4n) is 3.16. The summed E-state index contributed by atoms with van der Waals surface area (Å²) in [6.07, 6.45) is 0. The number of rotatable bonds is 5. The maximum atomic E-state index is 12.2. The van der Waals surface area contributed by atoms with Crippen molar-refractivity contribution < 1.29 is 9.53 Å². The van der Waals surface area contributed by atoms with Crippen molar-refractivity contribution in [3.05, 3.63) is 53.6 Å². The summed E-state index contributed by atoms with van der Waals surface area (Å²) in [7, 11) is 2.14. The first kappa shape index (κ1) is 18.7. The predicted molar refractivity (Wildman–Crippen MR) is 106 cm³/mol. The lowest BCUT2D eigenvalue weighted by Gasteiger charge is -2.35. The van der Waals surface area contributed by atoms with Gasteiger partial charge in [0.15, 0.2) is 6.61 Å². The predicted octanol–water partition coefficient (Wildman–Crippen LogP) is 2.64. The average Bonchev–Trinajstić information content (AvgIpc) is 2.67. The Balaban J connectivity index is 1.58. The van der Waals surface area contributed by atoms with Crippen LogP contribution in [0, 0.1) is 18.3 Å². The number of hydrogen-bond acceptors (Lipinski definition) is 5. The number of anilines is 2. The molecule has 1 heterocycles. The topological polar surface area (TPSA) is 68.6 Å². The van der Waals surface area contributed by atoms with Crippen molar-refractivity contribution in [1.29, 1.82) is 5.26 Å². The van der Waals surface area contributed by atoms with Crippen molar-refractivity contribution >= 4 is 17.3 Å². The number of likely N-dealkylation sites (N-methyl/N-ethyl adjacent to an activating group) is 1. The molecule has 1 amide bonds. The summed E-state index contributed by atoms with van der Waals surface area (Å²) in [6.45, 7) is 6.05. The second-order valence-electron chi connectivity index (χ2n) is 6.74. The highest BCUT2D eigenvalue weighted by atomic mass is 16.5. The zero-order valence-corrected chi connectivity index (χ0v) is 15.7. The molecule has 1 fully saturated rings. The van der Waals surface area contributed by atoms with Crippen molar-refractivity contribution in [2.45, 2.75) is 6.92 Å². The Kier molecular flexibility index (Phi) is 5.94. The zero-order chi connectivity index (χ0) is 19.2. The van der Waals surface area contributed by atoms with E-state index >= 15 is 0 Å². The molecule has 0 spiro atoms. The van der Waals surface area contributed by atoms with Crippen LogP contribution in [0.5, 0.6) is 5.75 Å². The van der Waals surface area contributed by atoms with E-state index in [4.69, 9.17) is 10.00 Å². The lowest BCUT2D eigenvalue weighted by Crippen LogP contribution is -2.44. The van der Waals surface area contributed by atoms with Gasteiger partial charge in [-0.3, -0.25) is 4.79 Å². The van der Waals surface area contributed by atoms with Gasteiger partial charge in [0.05, 0.1) is 5.56 Å². The molecular formula is C21H24N4O2. The molecule has 1 aliphatic rings. The number of para-hydroxylation sites is 1. The smallest absolute Gasteiger partial charge is 0.262 e. The Morgan fingerprint density at radius 3 is 2.63 bits per heavy atom. The van der Waals surface area contributed by atoms with Crippen LogP contribution in [0.3, 0.4) is 0 Å². The molecular weight excluding hydrogens is 340 g/mol. The third-order valence-corrected chi connectivity index (χ3v) is 4.69. The van der Waals surface area contributed by atoms with Gasteiger partial charge in [-0.05, 0) is 49.9 Å². The Labute approximate surface area is 160 Å². The molecule has 2 aromatic rings. The number of piperazine rings is 1. The Bertz CT molecular complexity index is 852. The summed E-state index contributed by atoms with van der Waals surface area (Å²) in [4.78, 5) is 16.9. The van der Waals surface area contributed by atoms with Crippen LogP contribution >= 0.6 is 0 Å². The van der Waals surface area contributed by atoms with Crippen molar-refractivity contribution in [2.75, 3.05) is 50.1 Å². The van der Waals surface area contributed by atoms with Crippen LogP contribution in [0.1, 0.15) is 11.1 Å². The molecule has 6 nitrogen and oxygen atoms in total. The Morgan fingerprint density at radius 1 is 1.19 bits per heavy atom. The zero-order valence-electron chi connectivity index (χ0n) is 15.7. The molecule has 0 unspecified atom stereocenters. The first-order valence-corrected chi connectivity index (χ1v) is 9.03. The summed E-state index contributed by atoms with van der Waals surface area (Å²) in [6, 6.07) is 14.9. The van der Waals surface area contributed by atoms with E-state index in [9.17, 15) is 4.79 Å². The fourth-order valence-corrected chi connectivity index (χ4v) is 3.16. The van der Waals surface area contributed by atoms with Crippen LogP contribution in [0.25, 0.3) is 0 Å². The average molecular weight is 364 g/mol. The summed E-state index contributed by atoms with van der Waals surface area (Å²) in [5.41, 5.74) is 3.50. The van der Waals surface area contributed by atoms with E-state index < -0.39 is 0 Å². The van der Waals surface area contributed by atoms with Gasteiger partial charge in [0.1, 0.15) is 11.8 Å². The van der Waals surface area contributed by atoms with Crippen LogP contribution in [0.15, 0.2) is 42.5 Å². The Morgan fingerprint density at radius 2 is 1.93 bits per heavy atom. The number of nitrogens with zero attached hydrogens (tertiary/aromatic N) is 3. The van der Waals surface area contributed by atoms with Gasteiger partial charge in [-0.25, -0.2) is 0 Å². The molecule has 0 bridgehead atoms. The second-order valence-corrected chi connectivity index (χ2v) is 6.74. The fraction of sp³-hybridized carbons (Fsp3) is 0.333. The number of carbonyl (C=O) groups excluding carboxylic acids is 1. The van der Waals surface area contributed by atoms with E-state index in [1.54, 1.807) is 24.3 Å². The highest BCUT2D eigenvalue weighted by molar-refractivity contribution is 5.92. The molecule has 1 saturated heterocycles. The normalized spacial score (nSPS) is 14.5. The summed E-state index contributed by atoms with van der Waals surface area (Å²) < 4.78 is 5.47. The van der Waals surface area contributed by atoms with Crippen molar-refractivity contribution in [3.8, 4) is 11.8 Å². The second kappa shape index (κ2) is 8.56. The van der Waals surface area contributed by atoms with Gasteiger partial charge in [-0.1, -0.05) is 12.1 Å². The molecule has 0 aromatic heterocycles. The van der Waals surface area contributed by atoms with Crippen LogP contribution in [-0.4, -0.2) is 50.6 Å². The molecule has 0 aliphatic carbocycles. The highest BCUT2D eigenvalue weighted by Crippen LogP contribution is 2.24. The summed E-state index contributed by atoms with van der Waals surface area (Å²) in [5, 5.41) is 11.9. The van der Waals surface area contributed by atoms with Gasteiger partial charge in [0, 0.05) is 37.6 Å². The number of aryl methyl sites for hydroxylation is 1. The number of ether oxygens (including phenoxy) is 1. The minimum absolute atomic E-state index is 0.141. The van der Waals surface area contributed by atoms with Gasteiger partial charge in [0.2, 0.25) is 0 Å². The van der Waals surface area contributed by atoms with Crippen LogP contribution in [0.4, 0.5) is 11.4 Å². The van der Waals surface area contributed by atoms with Crippen molar-refractivity contribution in [1.82, 2.24) is 4.90 Å². The molecule has 3 rings (SSSR count). The number of nitrogens with one attached hydrogen (secondary N) is 1. The van der Waals surface area contributed by atoms with Gasteiger partial charge < -0.3 is 19.9 Å². The largest absolute Gasteiger partial charge is 0.482 e. The van der Waals surface area contributed by atoms with E-state index in [1.807, 2.05) is 12.1 Å². The number of nitriles is 1. The number of hydrogen-bond donors (Lipinski definition) is 1. The number of carbonyl (C=O) groups is 1. The molecule has 1 aliphatic heterocycles. The third kappa shape index (κ3) is 4.78. The maximum absolute atomic E-state index is 12.2. The van der Waals surface area contributed by atoms with E-state index in [0.29, 0.717) is 11.3 Å². The van der Waals surface area contributed by atoms with Gasteiger partial charge in [-0.2, -0.15) is 5.26 Å². The van der Waals surface area contributed by atoms with Gasteiger partial charge in [-0.15, -0.1) is 0 Å². The lowest BCUT2D eigenvalue weighted by molar-refractivity contribution is -0.118. The lowest BCUT2D eigenvalue weighted by atomic mass is 10.1. The van der Waals surface area contributed by atoms with E-state index in [0.717, 1.165) is 37.4 Å². The van der Waals surface area contributed by atoms with Gasteiger partial charge in [0.25, 0.3) is 5.91 Å². The maximum Gasteiger partial charge on any atom is 0.262 e. The molecule has 2 aromatic carbocycles. The SMILES string of the molecule is Cc1cc(NC(=O)COc2ccccc2C#N)ccc1N1CCN(C)CC1. The van der Waals surface area contributed by atoms with Gasteiger partial charge >= 0.3 is 0 Å². The van der Waals surface area contributed by atoms with Crippen LogP contribution in [0.2, 0.25) is 0 Å². The molecule has 140 valence electrons. The van der Waals surface area contributed by atoms with Crippen LogP contribution < -0.4 is 15.0 Å². The summed E-state index contributed by atoms with van der Waals surface area (Å²) in [5.74, 6) is 0.159. The monoisotopic (exact) mass is 364 g/mol. The molecule has 0 radical (unpaired) electrons. The first-order valence-electron chi connectivity index (χ1n) is 9.03. The minimum atomic E-state index is -0.255. The molecule has 0 saturated carbocycles. The van der Waals surface area contributed by atoms with Crippen LogP contribution in [-0.2, 0) is 4.79 Å². The van der Waals surface area contributed by atoms with E-state index in [1.165, 1.54) is 5.69 Å². The first-order chi connectivity index (χ1) is 13.1. The summed E-state index contributed by atoms with van der Waals surface area (Å²) >= 11 is 0. The number of benzene rings is 2. The molecule has 27 heavy (non-hydrogen) atoms. The standard InChI is InChI=1S/C21H24N4O2/c1-16-13-18(7-8-19(16)25-11-9-24(2)10-12-25)23-21(26)15-27-20-6-4-3-5-17(20)14-22/h3-8,13H,9-12,15H2,1-2H3,(H,23,26). The number of amides is 1. The van der Waals surface area contributed by atoms with E-state index in [-0.39, 0.29) is 12.5 Å². The molecule has 0 atom stereocenters. The third-order valence-electron chi connectivity index (χ3n) is 4.69. The minimum Gasteiger partial charge on any atom is -0.482 e. The Hall–Kier alpha value is -3.04. The molecule has 1 N–H and O–H groups in total.